The molecule has 4 heteroatoms. The SMILES string of the molecule is CCOc1cccc(CCN)c1OCC1CCOCC1. The van der Waals surface area contributed by atoms with Gasteiger partial charge in [0.15, 0.2) is 11.5 Å². The maximum Gasteiger partial charge on any atom is 0.164 e. The summed E-state index contributed by atoms with van der Waals surface area (Å²) in [4.78, 5) is 0. The first kappa shape index (κ1) is 15.1. The van der Waals surface area contributed by atoms with Crippen LogP contribution in [0.15, 0.2) is 18.2 Å². The highest BCUT2D eigenvalue weighted by molar-refractivity contribution is 5.46. The van der Waals surface area contributed by atoms with Crippen LogP contribution in [0, 0.1) is 5.92 Å². The Balaban J connectivity index is 2.05. The van der Waals surface area contributed by atoms with Crippen LogP contribution in [0.1, 0.15) is 25.3 Å². The van der Waals surface area contributed by atoms with Crippen molar-refractivity contribution in [2.24, 2.45) is 11.7 Å². The molecule has 0 atom stereocenters. The molecule has 0 spiro atoms. The quantitative estimate of drug-likeness (QED) is 0.832. The fraction of sp³-hybridized carbons (Fsp3) is 0.625. The Bertz CT molecular complexity index is 378. The third-order valence-corrected chi connectivity index (χ3v) is 3.58. The van der Waals surface area contributed by atoms with Crippen LogP contribution >= 0.6 is 0 Å². The third kappa shape index (κ3) is 4.12. The molecule has 1 saturated heterocycles. The van der Waals surface area contributed by atoms with Crippen LogP contribution in [0.25, 0.3) is 0 Å². The summed E-state index contributed by atoms with van der Waals surface area (Å²) in [6.45, 7) is 5.65. The summed E-state index contributed by atoms with van der Waals surface area (Å²) in [6.07, 6.45) is 2.95. The lowest BCUT2D eigenvalue weighted by Gasteiger charge is -2.23. The molecule has 1 fully saturated rings. The van der Waals surface area contributed by atoms with Gasteiger partial charge in [-0.2, -0.15) is 0 Å². The van der Waals surface area contributed by atoms with Crippen molar-refractivity contribution >= 4 is 0 Å². The highest BCUT2D eigenvalue weighted by atomic mass is 16.5. The summed E-state index contributed by atoms with van der Waals surface area (Å²) in [6, 6.07) is 6.02. The highest BCUT2D eigenvalue weighted by Gasteiger charge is 2.17. The van der Waals surface area contributed by atoms with Gasteiger partial charge in [-0.15, -0.1) is 0 Å². The van der Waals surface area contributed by atoms with Gasteiger partial charge in [-0.05, 0) is 50.3 Å². The molecule has 0 bridgehead atoms. The molecule has 20 heavy (non-hydrogen) atoms. The Morgan fingerprint density at radius 3 is 2.75 bits per heavy atom. The average Bonchev–Trinajstić information content (AvgIpc) is 2.48. The molecule has 1 aromatic carbocycles. The normalized spacial score (nSPS) is 16.1. The Hall–Kier alpha value is -1.26. The molecular formula is C16H25NO3. The van der Waals surface area contributed by atoms with Gasteiger partial charge < -0.3 is 19.9 Å². The van der Waals surface area contributed by atoms with Crippen LogP contribution in [0.4, 0.5) is 0 Å². The standard InChI is InChI=1S/C16H25NO3/c1-2-19-15-5-3-4-14(6-9-17)16(15)20-12-13-7-10-18-11-8-13/h3-5,13H,2,6-12,17H2,1H3. The predicted octanol–water partition coefficient (Wildman–Crippen LogP) is 2.39. The Labute approximate surface area is 121 Å². The summed E-state index contributed by atoms with van der Waals surface area (Å²) >= 11 is 0. The lowest BCUT2D eigenvalue weighted by Crippen LogP contribution is -2.22. The van der Waals surface area contributed by atoms with E-state index in [4.69, 9.17) is 19.9 Å². The topological polar surface area (TPSA) is 53.7 Å². The molecule has 2 rings (SSSR count). The first-order valence-corrected chi connectivity index (χ1v) is 7.50. The van der Waals surface area contributed by atoms with Crippen molar-refractivity contribution in [3.8, 4) is 11.5 Å². The number of benzene rings is 1. The van der Waals surface area contributed by atoms with E-state index in [1.165, 1.54) is 0 Å². The summed E-state index contributed by atoms with van der Waals surface area (Å²) in [5.74, 6) is 2.26. The zero-order valence-corrected chi connectivity index (χ0v) is 12.3. The minimum Gasteiger partial charge on any atom is -0.490 e. The molecule has 0 saturated carbocycles. The summed E-state index contributed by atoms with van der Waals surface area (Å²) in [5, 5.41) is 0. The summed E-state index contributed by atoms with van der Waals surface area (Å²) < 4.78 is 17.1. The zero-order chi connectivity index (χ0) is 14.2. The lowest BCUT2D eigenvalue weighted by molar-refractivity contribution is 0.0491. The van der Waals surface area contributed by atoms with E-state index >= 15 is 0 Å². The van der Waals surface area contributed by atoms with E-state index in [1.54, 1.807) is 0 Å². The Morgan fingerprint density at radius 1 is 1.25 bits per heavy atom. The van der Waals surface area contributed by atoms with Crippen molar-refractivity contribution in [1.29, 1.82) is 0 Å². The van der Waals surface area contributed by atoms with Gasteiger partial charge in [0.05, 0.1) is 13.2 Å². The fourth-order valence-electron chi connectivity index (χ4n) is 2.46. The van der Waals surface area contributed by atoms with Crippen LogP contribution in [0.2, 0.25) is 0 Å². The van der Waals surface area contributed by atoms with E-state index in [1.807, 2.05) is 19.1 Å². The van der Waals surface area contributed by atoms with E-state index in [0.717, 1.165) is 56.1 Å². The number of hydrogen-bond donors (Lipinski definition) is 1. The van der Waals surface area contributed by atoms with Crippen molar-refractivity contribution < 1.29 is 14.2 Å². The first-order valence-electron chi connectivity index (χ1n) is 7.50. The number of ether oxygens (including phenoxy) is 3. The number of hydrogen-bond acceptors (Lipinski definition) is 4. The van der Waals surface area contributed by atoms with E-state index in [-0.39, 0.29) is 0 Å². The monoisotopic (exact) mass is 279 g/mol. The largest absolute Gasteiger partial charge is 0.490 e. The van der Waals surface area contributed by atoms with Crippen molar-refractivity contribution in [3.05, 3.63) is 23.8 Å². The maximum absolute atomic E-state index is 6.08. The number of para-hydroxylation sites is 1. The molecule has 112 valence electrons. The molecule has 0 aliphatic carbocycles. The Morgan fingerprint density at radius 2 is 2.05 bits per heavy atom. The average molecular weight is 279 g/mol. The highest BCUT2D eigenvalue weighted by Crippen LogP contribution is 2.32. The van der Waals surface area contributed by atoms with Crippen molar-refractivity contribution in [3.63, 3.8) is 0 Å². The van der Waals surface area contributed by atoms with Gasteiger partial charge in [-0.3, -0.25) is 0 Å². The van der Waals surface area contributed by atoms with Crippen molar-refractivity contribution in [1.82, 2.24) is 0 Å². The van der Waals surface area contributed by atoms with Gasteiger partial charge in [-0.1, -0.05) is 12.1 Å². The number of rotatable bonds is 7. The minimum atomic E-state index is 0.573. The van der Waals surface area contributed by atoms with Gasteiger partial charge in [0, 0.05) is 13.2 Å². The molecule has 1 aromatic rings. The van der Waals surface area contributed by atoms with Gasteiger partial charge in [0.2, 0.25) is 0 Å². The zero-order valence-electron chi connectivity index (χ0n) is 12.3. The van der Waals surface area contributed by atoms with Crippen LogP contribution in [0.5, 0.6) is 11.5 Å². The molecule has 0 unspecified atom stereocenters. The van der Waals surface area contributed by atoms with Gasteiger partial charge in [0.1, 0.15) is 0 Å². The smallest absolute Gasteiger partial charge is 0.164 e. The van der Waals surface area contributed by atoms with Crippen LogP contribution in [0.3, 0.4) is 0 Å². The van der Waals surface area contributed by atoms with E-state index < -0.39 is 0 Å². The molecule has 1 aliphatic heterocycles. The van der Waals surface area contributed by atoms with Gasteiger partial charge in [0.25, 0.3) is 0 Å². The molecule has 0 aromatic heterocycles. The maximum atomic E-state index is 6.08. The van der Waals surface area contributed by atoms with Crippen LogP contribution in [-0.4, -0.2) is 33.0 Å². The second-order valence-electron chi connectivity index (χ2n) is 5.08. The molecule has 0 amide bonds. The Kier molecular flexibility index (Phi) is 6.15. The second kappa shape index (κ2) is 8.12. The third-order valence-electron chi connectivity index (χ3n) is 3.58. The lowest BCUT2D eigenvalue weighted by atomic mass is 10.0. The molecule has 0 radical (unpaired) electrons. The van der Waals surface area contributed by atoms with Crippen molar-refractivity contribution in [2.45, 2.75) is 26.2 Å². The van der Waals surface area contributed by atoms with Gasteiger partial charge in [-0.25, -0.2) is 0 Å². The number of nitrogens with two attached hydrogens (primary N) is 1. The summed E-state index contributed by atoms with van der Waals surface area (Å²) in [5.41, 5.74) is 6.81. The van der Waals surface area contributed by atoms with E-state index in [2.05, 4.69) is 6.07 Å². The van der Waals surface area contributed by atoms with Crippen molar-refractivity contribution in [2.75, 3.05) is 33.0 Å². The molecular weight excluding hydrogens is 254 g/mol. The summed E-state index contributed by atoms with van der Waals surface area (Å²) in [7, 11) is 0. The molecule has 2 N–H and O–H groups in total. The first-order chi connectivity index (χ1) is 9.85. The second-order valence-corrected chi connectivity index (χ2v) is 5.08. The van der Waals surface area contributed by atoms with Crippen LogP contribution in [-0.2, 0) is 11.2 Å². The van der Waals surface area contributed by atoms with Crippen LogP contribution < -0.4 is 15.2 Å². The molecule has 1 heterocycles. The molecule has 1 aliphatic rings. The van der Waals surface area contributed by atoms with E-state index in [9.17, 15) is 0 Å². The minimum absolute atomic E-state index is 0.573. The van der Waals surface area contributed by atoms with E-state index in [0.29, 0.717) is 19.1 Å². The molecule has 4 nitrogen and oxygen atoms in total. The van der Waals surface area contributed by atoms with Gasteiger partial charge >= 0.3 is 0 Å². The predicted molar refractivity (Wildman–Crippen MR) is 79.4 cm³/mol. The fourth-order valence-corrected chi connectivity index (χ4v) is 2.46.